The molecule has 0 amide bonds. The summed E-state index contributed by atoms with van der Waals surface area (Å²) in [6, 6.07) is 3.96. The summed E-state index contributed by atoms with van der Waals surface area (Å²) in [7, 11) is 0. The predicted molar refractivity (Wildman–Crippen MR) is 43.6 cm³/mol. The highest BCUT2D eigenvalue weighted by molar-refractivity contribution is 6.30. The fourth-order valence-electron chi connectivity index (χ4n) is 0.710. The molecule has 0 spiro atoms. The molecule has 0 saturated heterocycles. The molecule has 1 aromatic carbocycles. The second kappa shape index (κ2) is 3.36. The van der Waals surface area contributed by atoms with Gasteiger partial charge in [-0.1, -0.05) is 11.6 Å². The summed E-state index contributed by atoms with van der Waals surface area (Å²) < 4.78 is 0. The molecule has 13 heavy (non-hydrogen) atoms. The Labute approximate surface area is 77.0 Å². The quantitative estimate of drug-likeness (QED) is 0.541. The number of nitro groups is 2. The van der Waals surface area contributed by atoms with Crippen molar-refractivity contribution in [3.63, 3.8) is 0 Å². The number of halogens is 1. The third-order valence-electron chi connectivity index (χ3n) is 1.21. The summed E-state index contributed by atoms with van der Waals surface area (Å²) in [6.45, 7) is 0. The standard InChI is InChI=1S/C6H2ClN2O4/c7-4-1-5(8(10)11)3-6(2-4)9(12)13/h1,3H. The van der Waals surface area contributed by atoms with Crippen LogP contribution in [-0.4, -0.2) is 9.85 Å². The van der Waals surface area contributed by atoms with Gasteiger partial charge in [0.15, 0.2) is 0 Å². The van der Waals surface area contributed by atoms with Gasteiger partial charge < -0.3 is 0 Å². The van der Waals surface area contributed by atoms with Crippen molar-refractivity contribution >= 4 is 23.0 Å². The Morgan fingerprint density at radius 3 is 2.31 bits per heavy atom. The van der Waals surface area contributed by atoms with Crippen molar-refractivity contribution in [3.8, 4) is 0 Å². The average Bonchev–Trinajstić information content (AvgIpc) is 2.03. The molecular weight excluding hydrogens is 200 g/mol. The molecule has 1 rings (SSSR count). The van der Waals surface area contributed by atoms with Crippen molar-refractivity contribution in [1.29, 1.82) is 0 Å². The number of hydrogen-bond acceptors (Lipinski definition) is 4. The number of nitro benzene ring substituents is 2. The van der Waals surface area contributed by atoms with Crippen LogP contribution in [0.15, 0.2) is 12.1 Å². The first-order valence-corrected chi connectivity index (χ1v) is 3.40. The van der Waals surface area contributed by atoms with Gasteiger partial charge in [-0.05, 0) is 0 Å². The highest BCUT2D eigenvalue weighted by atomic mass is 35.5. The molecule has 0 bridgehead atoms. The minimum absolute atomic E-state index is 0.152. The second-order valence-electron chi connectivity index (χ2n) is 2.09. The molecule has 0 N–H and O–H groups in total. The molecule has 0 saturated carbocycles. The Bertz CT molecular complexity index is 347. The van der Waals surface area contributed by atoms with Crippen LogP contribution in [-0.2, 0) is 0 Å². The van der Waals surface area contributed by atoms with Crippen molar-refractivity contribution in [1.82, 2.24) is 0 Å². The molecule has 0 fully saturated rings. The fourth-order valence-corrected chi connectivity index (χ4v) is 0.918. The zero-order valence-electron chi connectivity index (χ0n) is 6.06. The van der Waals surface area contributed by atoms with Crippen LogP contribution in [0.5, 0.6) is 0 Å². The van der Waals surface area contributed by atoms with Crippen molar-refractivity contribution in [2.75, 3.05) is 0 Å². The average molecular weight is 202 g/mol. The van der Waals surface area contributed by atoms with Gasteiger partial charge in [-0.3, -0.25) is 20.2 Å². The Balaban J connectivity index is 3.26. The summed E-state index contributed by atoms with van der Waals surface area (Å²) in [5, 5.41) is 20.3. The van der Waals surface area contributed by atoms with Gasteiger partial charge in [-0.15, -0.1) is 0 Å². The third kappa shape index (κ3) is 2.12. The topological polar surface area (TPSA) is 86.3 Å². The summed E-state index contributed by atoms with van der Waals surface area (Å²) in [4.78, 5) is 18.9. The number of hydrogen-bond donors (Lipinski definition) is 0. The van der Waals surface area contributed by atoms with Crippen molar-refractivity contribution < 1.29 is 9.85 Å². The van der Waals surface area contributed by atoms with E-state index in [9.17, 15) is 20.2 Å². The maximum absolute atomic E-state index is 10.2. The smallest absolute Gasteiger partial charge is 0.258 e. The Morgan fingerprint density at radius 2 is 1.85 bits per heavy atom. The highest BCUT2D eigenvalue weighted by Crippen LogP contribution is 2.24. The van der Waals surface area contributed by atoms with Gasteiger partial charge in [0, 0.05) is 6.07 Å². The molecule has 7 heteroatoms. The summed E-state index contributed by atoms with van der Waals surface area (Å²) in [6.07, 6.45) is 0. The Kier molecular flexibility index (Phi) is 2.43. The highest BCUT2D eigenvalue weighted by Gasteiger charge is 2.15. The third-order valence-corrected chi connectivity index (χ3v) is 1.42. The van der Waals surface area contributed by atoms with Gasteiger partial charge in [0.1, 0.15) is 0 Å². The lowest BCUT2D eigenvalue weighted by Gasteiger charge is -1.92. The summed E-state index contributed by atoms with van der Waals surface area (Å²) in [5.74, 6) is 0. The van der Waals surface area contributed by atoms with Crippen molar-refractivity contribution in [3.05, 3.63) is 43.5 Å². The number of benzene rings is 1. The molecule has 0 aliphatic heterocycles. The van der Waals surface area contributed by atoms with Gasteiger partial charge >= 0.3 is 0 Å². The van der Waals surface area contributed by atoms with Crippen LogP contribution >= 0.6 is 11.6 Å². The van der Waals surface area contributed by atoms with E-state index in [1.807, 2.05) is 0 Å². The molecule has 0 aliphatic carbocycles. The lowest BCUT2D eigenvalue weighted by Crippen LogP contribution is -1.92. The van der Waals surface area contributed by atoms with E-state index in [-0.39, 0.29) is 5.02 Å². The minimum Gasteiger partial charge on any atom is -0.258 e. The zero-order valence-corrected chi connectivity index (χ0v) is 6.82. The maximum atomic E-state index is 10.2. The molecule has 0 heterocycles. The van der Waals surface area contributed by atoms with Crippen LogP contribution in [0.25, 0.3) is 0 Å². The van der Waals surface area contributed by atoms with E-state index in [2.05, 4.69) is 6.07 Å². The van der Waals surface area contributed by atoms with Crippen LogP contribution in [0.3, 0.4) is 0 Å². The van der Waals surface area contributed by atoms with E-state index in [0.29, 0.717) is 0 Å². The number of nitrogens with zero attached hydrogens (tertiary/aromatic N) is 2. The monoisotopic (exact) mass is 201 g/mol. The van der Waals surface area contributed by atoms with Crippen LogP contribution < -0.4 is 0 Å². The van der Waals surface area contributed by atoms with Crippen LogP contribution in [0.2, 0.25) is 5.02 Å². The van der Waals surface area contributed by atoms with E-state index in [1.54, 1.807) is 0 Å². The van der Waals surface area contributed by atoms with Crippen LogP contribution in [0.4, 0.5) is 11.4 Å². The molecule has 0 aromatic heterocycles. The van der Waals surface area contributed by atoms with Crippen LogP contribution in [0, 0.1) is 26.3 Å². The molecule has 0 atom stereocenters. The molecular formula is C6H2ClN2O4. The van der Waals surface area contributed by atoms with Crippen molar-refractivity contribution in [2.45, 2.75) is 0 Å². The number of non-ortho nitro benzene ring substituents is 2. The fraction of sp³-hybridized carbons (Fsp3) is 0. The minimum atomic E-state index is -0.793. The molecule has 67 valence electrons. The first-order chi connectivity index (χ1) is 6.00. The molecule has 0 unspecified atom stereocenters. The molecule has 0 aliphatic rings. The predicted octanol–water partition coefficient (Wildman–Crippen LogP) is 1.96. The Morgan fingerprint density at radius 1 is 1.23 bits per heavy atom. The largest absolute Gasteiger partial charge is 0.285 e. The zero-order chi connectivity index (χ0) is 10.0. The van der Waals surface area contributed by atoms with Gasteiger partial charge in [-0.25, -0.2) is 0 Å². The van der Waals surface area contributed by atoms with E-state index < -0.39 is 21.2 Å². The van der Waals surface area contributed by atoms with Gasteiger partial charge in [0.25, 0.3) is 11.4 Å². The second-order valence-corrected chi connectivity index (χ2v) is 2.49. The van der Waals surface area contributed by atoms with Gasteiger partial charge in [-0.2, -0.15) is 0 Å². The van der Waals surface area contributed by atoms with E-state index in [1.165, 1.54) is 0 Å². The summed E-state index contributed by atoms with van der Waals surface area (Å²) >= 11 is 5.37. The molecule has 1 aromatic rings. The molecule has 6 nitrogen and oxygen atoms in total. The van der Waals surface area contributed by atoms with Gasteiger partial charge in [0.05, 0.1) is 27.0 Å². The van der Waals surface area contributed by atoms with Crippen LogP contribution in [0.1, 0.15) is 0 Å². The first kappa shape index (κ1) is 9.40. The summed E-state index contributed by atoms with van der Waals surface area (Å²) in [5.41, 5.74) is -0.936. The van der Waals surface area contributed by atoms with Crippen molar-refractivity contribution in [2.24, 2.45) is 0 Å². The number of rotatable bonds is 2. The Hall–Kier alpha value is -1.69. The normalized spacial score (nSPS) is 9.62. The van der Waals surface area contributed by atoms with E-state index in [4.69, 9.17) is 11.6 Å². The van der Waals surface area contributed by atoms with E-state index >= 15 is 0 Å². The SMILES string of the molecule is O=[N+]([O-])c1[c]c(Cl)cc([N+](=O)[O-])c1. The lowest BCUT2D eigenvalue weighted by atomic mass is 10.3. The first-order valence-electron chi connectivity index (χ1n) is 3.02. The van der Waals surface area contributed by atoms with Gasteiger partial charge in [0.2, 0.25) is 0 Å². The lowest BCUT2D eigenvalue weighted by molar-refractivity contribution is -0.394. The van der Waals surface area contributed by atoms with E-state index in [0.717, 1.165) is 12.1 Å². The maximum Gasteiger partial charge on any atom is 0.285 e. The molecule has 1 radical (unpaired) electrons.